The van der Waals surface area contributed by atoms with Crippen LogP contribution >= 0.6 is 7.82 Å². The van der Waals surface area contributed by atoms with E-state index < -0.39 is 32.5 Å². The number of hydrogen-bond acceptors (Lipinski definition) is 8. The highest BCUT2D eigenvalue weighted by atomic mass is 31.2. The summed E-state index contributed by atoms with van der Waals surface area (Å²) in [4.78, 5) is 37.7. The molecule has 0 aromatic carbocycles. The van der Waals surface area contributed by atoms with Crippen LogP contribution in [0.4, 0.5) is 0 Å². The van der Waals surface area contributed by atoms with Crippen LogP contribution in [0.15, 0.2) is 170 Å². The first-order chi connectivity index (χ1) is 36.0. The minimum Gasteiger partial charge on any atom is -0.756 e. The molecular weight excluding hydrogens is 942 g/mol. The summed E-state index contributed by atoms with van der Waals surface area (Å²) in [6.45, 7) is 3.88. The number of unbranched alkanes of at least 4 members (excludes halogenated alkanes) is 6. The number of likely N-dealkylation sites (N-methyl/N-ethyl adjacent to an activating group) is 1. The van der Waals surface area contributed by atoms with Gasteiger partial charge in [-0.1, -0.05) is 197 Å². The largest absolute Gasteiger partial charge is 0.756 e. The number of nitrogens with zero attached hydrogens (tertiary/aromatic N) is 1. The van der Waals surface area contributed by atoms with Gasteiger partial charge in [-0.2, -0.15) is 0 Å². The summed E-state index contributed by atoms with van der Waals surface area (Å²) in [5, 5.41) is 0. The summed E-state index contributed by atoms with van der Waals surface area (Å²) in [5.41, 5.74) is 0. The molecule has 10 heteroatoms. The molecule has 0 heterocycles. The van der Waals surface area contributed by atoms with Crippen molar-refractivity contribution < 1.29 is 42.1 Å². The zero-order valence-electron chi connectivity index (χ0n) is 46.7. The molecule has 0 spiro atoms. The second-order valence-corrected chi connectivity index (χ2v) is 20.2. The lowest BCUT2D eigenvalue weighted by molar-refractivity contribution is -0.870. The Kier molecular flexibility index (Phi) is 49.9. The van der Waals surface area contributed by atoms with E-state index in [1.807, 2.05) is 21.1 Å². The molecule has 0 amide bonds. The number of allylic oxidation sites excluding steroid dienone is 28. The Balaban J connectivity index is 4.27. The molecule has 2 atom stereocenters. The van der Waals surface area contributed by atoms with Crippen molar-refractivity contribution in [2.45, 2.75) is 174 Å². The third-order valence-electron chi connectivity index (χ3n) is 10.7. The van der Waals surface area contributed by atoms with Crippen LogP contribution in [0.25, 0.3) is 0 Å². The molecular formula is C64H100NO8P. The first-order valence-electron chi connectivity index (χ1n) is 27.8. The number of hydrogen-bond donors (Lipinski definition) is 0. The van der Waals surface area contributed by atoms with E-state index in [1.54, 1.807) is 0 Å². The molecule has 0 saturated carbocycles. The molecule has 0 radical (unpaired) electrons. The van der Waals surface area contributed by atoms with Crippen LogP contribution in [0.1, 0.15) is 168 Å². The molecule has 0 N–H and O–H groups in total. The van der Waals surface area contributed by atoms with Gasteiger partial charge in [0, 0.05) is 12.8 Å². The van der Waals surface area contributed by atoms with Crippen molar-refractivity contribution in [3.05, 3.63) is 170 Å². The second kappa shape index (κ2) is 53.2. The van der Waals surface area contributed by atoms with Crippen molar-refractivity contribution in [2.75, 3.05) is 47.5 Å². The monoisotopic (exact) mass is 1040 g/mol. The predicted molar refractivity (Wildman–Crippen MR) is 313 cm³/mol. The Morgan fingerprint density at radius 3 is 1.05 bits per heavy atom. The number of esters is 2. The number of carbonyl (C=O) groups excluding carboxylic acids is 2. The zero-order chi connectivity index (χ0) is 54.2. The minimum absolute atomic E-state index is 0.0528. The van der Waals surface area contributed by atoms with Gasteiger partial charge in [-0.15, -0.1) is 0 Å². The summed E-state index contributed by atoms with van der Waals surface area (Å²) in [6.07, 6.45) is 81.3. The molecule has 9 nitrogen and oxygen atoms in total. The van der Waals surface area contributed by atoms with Crippen LogP contribution in [0, 0.1) is 0 Å². The quantitative estimate of drug-likeness (QED) is 0.0195. The molecule has 0 fully saturated rings. The minimum atomic E-state index is -4.66. The van der Waals surface area contributed by atoms with Crippen LogP contribution < -0.4 is 4.89 Å². The number of quaternary nitrogens is 1. The molecule has 0 bridgehead atoms. The Labute approximate surface area is 451 Å². The summed E-state index contributed by atoms with van der Waals surface area (Å²) in [6, 6.07) is 0. The molecule has 2 unspecified atom stereocenters. The number of rotatable bonds is 48. The molecule has 0 aromatic heterocycles. The SMILES string of the molecule is CC/C=C\C/C=C\C/C=C\C/C=C\C/C=C\C/C=C\C/C=C\C/C=C\C/C=C\C/C=C\C/C=C\CCCCCC(=O)OC(COC(=O)CCCCC/C=C\C/C=C\C/C=C\CC)COP(=O)([O-])OCC[N+](C)(C)C. The van der Waals surface area contributed by atoms with Gasteiger partial charge >= 0.3 is 11.9 Å². The van der Waals surface area contributed by atoms with E-state index in [-0.39, 0.29) is 26.1 Å². The van der Waals surface area contributed by atoms with Gasteiger partial charge in [0.2, 0.25) is 0 Å². The Morgan fingerprint density at radius 2 is 0.730 bits per heavy atom. The number of phosphoric acid groups is 1. The lowest BCUT2D eigenvalue weighted by Gasteiger charge is -2.28. The molecule has 414 valence electrons. The van der Waals surface area contributed by atoms with Gasteiger partial charge in [0.25, 0.3) is 7.82 Å². The van der Waals surface area contributed by atoms with Crippen molar-refractivity contribution in [3.8, 4) is 0 Å². The average molecular weight is 1040 g/mol. The Morgan fingerprint density at radius 1 is 0.419 bits per heavy atom. The average Bonchev–Trinajstić information content (AvgIpc) is 3.36. The summed E-state index contributed by atoms with van der Waals surface area (Å²) in [5.74, 6) is -0.926. The van der Waals surface area contributed by atoms with Crippen LogP contribution in [0.5, 0.6) is 0 Å². The normalized spacial score (nSPS) is 14.6. The van der Waals surface area contributed by atoms with Gasteiger partial charge in [0.15, 0.2) is 6.10 Å². The molecule has 0 aromatic rings. The van der Waals surface area contributed by atoms with Crippen molar-refractivity contribution >= 4 is 19.8 Å². The highest BCUT2D eigenvalue weighted by Gasteiger charge is 2.21. The van der Waals surface area contributed by atoms with Gasteiger partial charge in [0.05, 0.1) is 27.7 Å². The van der Waals surface area contributed by atoms with Crippen molar-refractivity contribution in [1.82, 2.24) is 0 Å². The lowest BCUT2D eigenvalue weighted by atomic mass is 10.1. The van der Waals surface area contributed by atoms with Crippen LogP contribution in [0.2, 0.25) is 0 Å². The highest BCUT2D eigenvalue weighted by Crippen LogP contribution is 2.38. The van der Waals surface area contributed by atoms with Crippen molar-refractivity contribution in [2.24, 2.45) is 0 Å². The van der Waals surface area contributed by atoms with Crippen molar-refractivity contribution in [3.63, 3.8) is 0 Å². The second-order valence-electron chi connectivity index (χ2n) is 18.8. The number of phosphoric ester groups is 1. The number of carbonyl (C=O) groups is 2. The molecule has 0 aliphatic rings. The fraction of sp³-hybridized carbons (Fsp3) is 0.531. The topological polar surface area (TPSA) is 111 Å². The van der Waals surface area contributed by atoms with E-state index in [2.05, 4.69) is 184 Å². The fourth-order valence-electron chi connectivity index (χ4n) is 6.50. The summed E-state index contributed by atoms with van der Waals surface area (Å²) >= 11 is 0. The molecule has 0 aliphatic heterocycles. The van der Waals surface area contributed by atoms with E-state index >= 15 is 0 Å². The van der Waals surface area contributed by atoms with Gasteiger partial charge in [-0.25, -0.2) is 0 Å². The smallest absolute Gasteiger partial charge is 0.306 e. The van der Waals surface area contributed by atoms with Crippen LogP contribution in [-0.2, 0) is 32.7 Å². The van der Waals surface area contributed by atoms with Gasteiger partial charge in [-0.05, 0) is 128 Å². The lowest BCUT2D eigenvalue weighted by Crippen LogP contribution is -2.37. The summed E-state index contributed by atoms with van der Waals surface area (Å²) < 4.78 is 33.9. The molecule has 74 heavy (non-hydrogen) atoms. The Hall–Kier alpha value is -4.63. The van der Waals surface area contributed by atoms with E-state index in [0.717, 1.165) is 128 Å². The summed E-state index contributed by atoms with van der Waals surface area (Å²) in [7, 11) is 1.09. The highest BCUT2D eigenvalue weighted by molar-refractivity contribution is 7.45. The first kappa shape index (κ1) is 69.4. The van der Waals surface area contributed by atoms with E-state index in [4.69, 9.17) is 18.5 Å². The van der Waals surface area contributed by atoms with Crippen LogP contribution in [-0.4, -0.2) is 70.0 Å². The van der Waals surface area contributed by atoms with Crippen LogP contribution in [0.3, 0.4) is 0 Å². The first-order valence-corrected chi connectivity index (χ1v) is 29.3. The molecule has 0 saturated heterocycles. The fourth-order valence-corrected chi connectivity index (χ4v) is 7.22. The van der Waals surface area contributed by atoms with E-state index in [1.165, 1.54) is 0 Å². The van der Waals surface area contributed by atoms with E-state index in [9.17, 15) is 19.0 Å². The Bertz CT molecular complexity index is 1850. The maximum atomic E-state index is 12.7. The number of ether oxygens (including phenoxy) is 2. The molecule has 0 aliphatic carbocycles. The zero-order valence-corrected chi connectivity index (χ0v) is 47.6. The third kappa shape index (κ3) is 56.7. The third-order valence-corrected chi connectivity index (χ3v) is 11.7. The van der Waals surface area contributed by atoms with Crippen molar-refractivity contribution in [1.29, 1.82) is 0 Å². The van der Waals surface area contributed by atoms with Gasteiger partial charge < -0.3 is 27.9 Å². The van der Waals surface area contributed by atoms with Gasteiger partial charge in [-0.3, -0.25) is 14.2 Å². The standard InChI is InChI=1S/C64H100NO8P/c1-6-8-10-12-14-16-18-20-21-22-23-24-25-26-27-28-29-30-31-32-33-34-35-36-37-38-39-40-41-42-43-45-47-49-51-53-55-57-64(67)73-62(61-72-74(68,69)71-59-58-65(3,4)5)60-70-63(66)56-54-52-50-48-46-44-19-17-15-13-11-9-7-2/h8-11,14-17,20-21,23-24,26-27,29-30,32-33,35-36,38-39,41-42,44-47,62H,6-7,12-13,18-19,22,25,28,31,34,37,40,43,48-61H2,1-5H3/b10-8-,11-9-,16-14-,17-15-,21-20-,24-23-,27-26-,30-29-,33-32-,36-35-,39-38-,42-41-,46-44-,47-45-. The maximum Gasteiger partial charge on any atom is 0.306 e. The van der Waals surface area contributed by atoms with E-state index in [0.29, 0.717) is 23.9 Å². The predicted octanol–water partition coefficient (Wildman–Crippen LogP) is 16.8. The maximum absolute atomic E-state index is 12.7. The molecule has 0 rings (SSSR count). The van der Waals surface area contributed by atoms with Gasteiger partial charge in [0.1, 0.15) is 19.8 Å².